The van der Waals surface area contributed by atoms with E-state index in [0.29, 0.717) is 10.9 Å². The van der Waals surface area contributed by atoms with Crippen LogP contribution in [0, 0.1) is 0 Å². The second-order valence-electron chi connectivity index (χ2n) is 3.57. The van der Waals surface area contributed by atoms with Crippen molar-refractivity contribution >= 4 is 11.6 Å². The van der Waals surface area contributed by atoms with Crippen molar-refractivity contribution in [2.45, 2.75) is 6.61 Å². The number of hydrogen-bond donors (Lipinski definition) is 1. The summed E-state index contributed by atoms with van der Waals surface area (Å²) in [5, 5.41) is 9.74. The second kappa shape index (κ2) is 5.17. The molecule has 0 atom stereocenters. The molecule has 1 N–H and O–H groups in total. The van der Waals surface area contributed by atoms with Crippen LogP contribution in [0.1, 0.15) is 5.56 Å². The summed E-state index contributed by atoms with van der Waals surface area (Å²) >= 11 is 6.00. The van der Waals surface area contributed by atoms with Gasteiger partial charge in [-0.05, 0) is 41.5 Å². The molecule has 0 aliphatic heterocycles. The van der Waals surface area contributed by atoms with E-state index in [2.05, 4.69) is 4.98 Å². The van der Waals surface area contributed by atoms with Gasteiger partial charge in [0, 0.05) is 16.8 Å². The molecule has 0 spiro atoms. The van der Waals surface area contributed by atoms with Crippen LogP contribution in [0.25, 0.3) is 11.1 Å². The molecule has 0 aliphatic carbocycles. The van der Waals surface area contributed by atoms with Crippen LogP contribution >= 0.6 is 11.6 Å². The van der Waals surface area contributed by atoms with Crippen molar-refractivity contribution in [1.82, 2.24) is 4.98 Å². The van der Waals surface area contributed by atoms with E-state index in [1.807, 2.05) is 24.3 Å². The Morgan fingerprint density at radius 1 is 1.35 bits per heavy atom. The molecule has 0 aliphatic rings. The highest BCUT2D eigenvalue weighted by molar-refractivity contribution is 6.31. The summed E-state index contributed by atoms with van der Waals surface area (Å²) in [6, 6.07) is 9.15. The van der Waals surface area contributed by atoms with E-state index in [0.717, 1.165) is 16.7 Å². The fourth-order valence-corrected chi connectivity index (χ4v) is 1.93. The van der Waals surface area contributed by atoms with Crippen LogP contribution in [0.5, 0.6) is 5.88 Å². The van der Waals surface area contributed by atoms with Gasteiger partial charge in [0.15, 0.2) is 0 Å². The normalized spacial score (nSPS) is 10.3. The Labute approximate surface area is 105 Å². The first-order chi connectivity index (χ1) is 8.24. The summed E-state index contributed by atoms with van der Waals surface area (Å²) in [5.74, 6) is 0.540. The molecule has 17 heavy (non-hydrogen) atoms. The lowest BCUT2D eigenvalue weighted by molar-refractivity contribution is 0.282. The zero-order chi connectivity index (χ0) is 12.3. The van der Waals surface area contributed by atoms with Gasteiger partial charge in [-0.15, -0.1) is 0 Å². The smallest absolute Gasteiger partial charge is 0.221 e. The van der Waals surface area contributed by atoms with Crippen LogP contribution in [-0.2, 0) is 6.61 Å². The van der Waals surface area contributed by atoms with Gasteiger partial charge in [0.05, 0.1) is 13.7 Å². The first-order valence-electron chi connectivity index (χ1n) is 5.14. The number of ether oxygens (including phenoxy) is 1. The minimum absolute atomic E-state index is 0.0455. The number of benzene rings is 1. The van der Waals surface area contributed by atoms with E-state index in [4.69, 9.17) is 21.4 Å². The van der Waals surface area contributed by atoms with Crippen molar-refractivity contribution in [3.63, 3.8) is 0 Å². The lowest BCUT2D eigenvalue weighted by atomic mass is 10.0. The number of aromatic nitrogens is 1. The summed E-state index contributed by atoms with van der Waals surface area (Å²) in [5.41, 5.74) is 2.50. The molecule has 2 aromatic rings. The molecule has 0 unspecified atom stereocenters. The van der Waals surface area contributed by atoms with E-state index in [1.54, 1.807) is 19.4 Å². The van der Waals surface area contributed by atoms with Crippen molar-refractivity contribution in [2.75, 3.05) is 7.11 Å². The van der Waals surface area contributed by atoms with Gasteiger partial charge in [-0.3, -0.25) is 0 Å². The highest BCUT2D eigenvalue weighted by Gasteiger charge is 2.08. The molecule has 88 valence electrons. The molecular weight excluding hydrogens is 238 g/mol. The highest BCUT2D eigenvalue weighted by atomic mass is 35.5. The SMILES string of the molecule is COc1ncccc1-c1cc(Cl)cc(CO)c1. The van der Waals surface area contributed by atoms with Gasteiger partial charge in [0.2, 0.25) is 5.88 Å². The standard InChI is InChI=1S/C13H12ClNO2/c1-17-13-12(3-2-4-15-13)10-5-9(8-16)6-11(14)7-10/h2-7,16H,8H2,1H3. The molecule has 1 aromatic heterocycles. The monoisotopic (exact) mass is 249 g/mol. The molecule has 0 amide bonds. The Hall–Kier alpha value is -1.58. The molecular formula is C13H12ClNO2. The summed E-state index contributed by atoms with van der Waals surface area (Å²) in [4.78, 5) is 4.13. The molecule has 1 heterocycles. The third-order valence-electron chi connectivity index (χ3n) is 2.42. The van der Waals surface area contributed by atoms with E-state index < -0.39 is 0 Å². The third kappa shape index (κ3) is 2.57. The molecule has 0 bridgehead atoms. The van der Waals surface area contributed by atoms with Crippen molar-refractivity contribution in [2.24, 2.45) is 0 Å². The zero-order valence-corrected chi connectivity index (χ0v) is 10.1. The van der Waals surface area contributed by atoms with Gasteiger partial charge in [-0.25, -0.2) is 4.98 Å². The van der Waals surface area contributed by atoms with Crippen molar-refractivity contribution < 1.29 is 9.84 Å². The Morgan fingerprint density at radius 3 is 2.88 bits per heavy atom. The maximum absolute atomic E-state index is 9.15. The van der Waals surface area contributed by atoms with E-state index >= 15 is 0 Å². The van der Waals surface area contributed by atoms with Crippen LogP contribution in [-0.4, -0.2) is 17.2 Å². The maximum atomic E-state index is 9.15. The molecule has 0 fully saturated rings. The average Bonchev–Trinajstić information content (AvgIpc) is 2.37. The van der Waals surface area contributed by atoms with Crippen molar-refractivity contribution in [1.29, 1.82) is 0 Å². The molecule has 0 saturated carbocycles. The second-order valence-corrected chi connectivity index (χ2v) is 4.00. The van der Waals surface area contributed by atoms with Crippen LogP contribution in [0.2, 0.25) is 5.02 Å². The molecule has 4 heteroatoms. The van der Waals surface area contributed by atoms with Gasteiger partial charge < -0.3 is 9.84 Å². The van der Waals surface area contributed by atoms with E-state index in [9.17, 15) is 0 Å². The summed E-state index contributed by atoms with van der Waals surface area (Å²) in [6.45, 7) is -0.0455. The summed E-state index contributed by atoms with van der Waals surface area (Å²) in [6.07, 6.45) is 1.67. The lowest BCUT2D eigenvalue weighted by Gasteiger charge is -2.08. The van der Waals surface area contributed by atoms with E-state index in [-0.39, 0.29) is 6.61 Å². The Balaban J connectivity index is 2.55. The minimum atomic E-state index is -0.0455. The van der Waals surface area contributed by atoms with Crippen molar-refractivity contribution in [3.8, 4) is 17.0 Å². The van der Waals surface area contributed by atoms with Gasteiger partial charge >= 0.3 is 0 Å². The fourth-order valence-electron chi connectivity index (χ4n) is 1.67. The quantitative estimate of drug-likeness (QED) is 0.910. The Kier molecular flexibility index (Phi) is 3.61. The predicted octanol–water partition coefficient (Wildman–Crippen LogP) is 2.90. The number of aliphatic hydroxyl groups excluding tert-OH is 1. The molecule has 1 aromatic carbocycles. The van der Waals surface area contributed by atoms with Crippen LogP contribution < -0.4 is 4.74 Å². The van der Waals surface area contributed by atoms with Crippen LogP contribution in [0.4, 0.5) is 0 Å². The van der Waals surface area contributed by atoms with Crippen LogP contribution in [0.15, 0.2) is 36.5 Å². The first-order valence-corrected chi connectivity index (χ1v) is 5.52. The highest BCUT2D eigenvalue weighted by Crippen LogP contribution is 2.30. The predicted molar refractivity (Wildman–Crippen MR) is 67.2 cm³/mol. The topological polar surface area (TPSA) is 42.4 Å². The average molecular weight is 250 g/mol. The van der Waals surface area contributed by atoms with E-state index in [1.165, 1.54) is 0 Å². The van der Waals surface area contributed by atoms with Gasteiger partial charge in [0.25, 0.3) is 0 Å². The number of pyridine rings is 1. The molecule has 0 radical (unpaired) electrons. The minimum Gasteiger partial charge on any atom is -0.481 e. The Morgan fingerprint density at radius 2 is 2.18 bits per heavy atom. The summed E-state index contributed by atoms with van der Waals surface area (Å²) in [7, 11) is 1.57. The zero-order valence-electron chi connectivity index (χ0n) is 9.35. The third-order valence-corrected chi connectivity index (χ3v) is 2.63. The number of rotatable bonds is 3. The molecule has 0 saturated heterocycles. The van der Waals surface area contributed by atoms with Gasteiger partial charge in [-0.2, -0.15) is 0 Å². The van der Waals surface area contributed by atoms with Gasteiger partial charge in [-0.1, -0.05) is 11.6 Å². The summed E-state index contributed by atoms with van der Waals surface area (Å²) < 4.78 is 5.20. The molecule has 3 nitrogen and oxygen atoms in total. The number of hydrogen-bond acceptors (Lipinski definition) is 3. The Bertz CT molecular complexity index is 529. The number of nitrogens with zero attached hydrogens (tertiary/aromatic N) is 1. The maximum Gasteiger partial charge on any atom is 0.221 e. The van der Waals surface area contributed by atoms with Crippen LogP contribution in [0.3, 0.4) is 0 Å². The lowest BCUT2D eigenvalue weighted by Crippen LogP contribution is -1.92. The first kappa shape index (κ1) is 11.9. The number of aliphatic hydroxyl groups is 1. The fraction of sp³-hybridized carbons (Fsp3) is 0.154. The van der Waals surface area contributed by atoms with Crippen molar-refractivity contribution in [3.05, 3.63) is 47.1 Å². The molecule has 2 rings (SSSR count). The largest absolute Gasteiger partial charge is 0.481 e. The number of methoxy groups -OCH3 is 1. The van der Waals surface area contributed by atoms with Gasteiger partial charge in [0.1, 0.15) is 0 Å². The number of halogens is 1.